The average molecular weight is 301 g/mol. The lowest BCUT2D eigenvalue weighted by Gasteiger charge is -2.13. The van der Waals surface area contributed by atoms with Crippen LogP contribution in [-0.2, 0) is 0 Å². The number of carbonyl (C=O) groups is 1. The second-order valence-corrected chi connectivity index (χ2v) is 6.32. The second kappa shape index (κ2) is 8.57. The van der Waals surface area contributed by atoms with Gasteiger partial charge in [0.15, 0.2) is 0 Å². The summed E-state index contributed by atoms with van der Waals surface area (Å²) in [4.78, 5) is 16.4. The third-order valence-corrected chi connectivity index (χ3v) is 3.83. The molecule has 0 unspecified atom stereocenters. The lowest BCUT2D eigenvalue weighted by Crippen LogP contribution is -2.25. The Kier molecular flexibility index (Phi) is 6.44. The smallest absolute Gasteiger partial charge is 0.251 e. The lowest BCUT2D eigenvalue weighted by molar-refractivity contribution is 0.0954. The van der Waals surface area contributed by atoms with E-state index in [4.69, 9.17) is 0 Å². The zero-order chi connectivity index (χ0) is 15.8. The molecule has 4 heteroatoms. The van der Waals surface area contributed by atoms with Crippen LogP contribution in [0.15, 0.2) is 30.0 Å². The van der Waals surface area contributed by atoms with Crippen molar-refractivity contribution in [2.75, 3.05) is 18.4 Å². The summed E-state index contributed by atoms with van der Waals surface area (Å²) in [6, 6.07) is 3.58. The van der Waals surface area contributed by atoms with E-state index in [0.717, 1.165) is 18.8 Å². The van der Waals surface area contributed by atoms with Crippen LogP contribution in [-0.4, -0.2) is 24.0 Å². The molecule has 1 aromatic heterocycles. The first-order chi connectivity index (χ1) is 10.6. The maximum absolute atomic E-state index is 12.2. The summed E-state index contributed by atoms with van der Waals surface area (Å²) in [6.07, 6.45) is 9.95. The molecular formula is C18H27N3O. The minimum absolute atomic E-state index is 0.0218. The number of allylic oxidation sites excluding steroid dienone is 1. The number of nitrogens with one attached hydrogen (secondary N) is 2. The number of amides is 1. The van der Waals surface area contributed by atoms with Crippen LogP contribution < -0.4 is 10.6 Å². The fraction of sp³-hybridized carbons (Fsp3) is 0.556. The van der Waals surface area contributed by atoms with Crippen LogP contribution in [0.4, 0.5) is 5.82 Å². The highest BCUT2D eigenvalue weighted by molar-refractivity contribution is 5.94. The van der Waals surface area contributed by atoms with Crippen LogP contribution in [0.3, 0.4) is 0 Å². The number of pyridine rings is 1. The van der Waals surface area contributed by atoms with Crippen LogP contribution in [0.25, 0.3) is 0 Å². The summed E-state index contributed by atoms with van der Waals surface area (Å²) < 4.78 is 0. The van der Waals surface area contributed by atoms with Gasteiger partial charge in [-0.2, -0.15) is 0 Å². The molecule has 1 aromatic rings. The quantitative estimate of drug-likeness (QED) is 0.754. The van der Waals surface area contributed by atoms with Crippen molar-refractivity contribution >= 4 is 11.7 Å². The summed E-state index contributed by atoms with van der Waals surface area (Å²) >= 11 is 0. The number of nitrogens with zero attached hydrogens (tertiary/aromatic N) is 1. The van der Waals surface area contributed by atoms with Gasteiger partial charge in [-0.25, -0.2) is 4.98 Å². The molecule has 2 N–H and O–H groups in total. The molecule has 2 rings (SSSR count). The minimum Gasteiger partial charge on any atom is -0.370 e. The Bertz CT molecular complexity index is 523. The molecule has 0 aliphatic heterocycles. The van der Waals surface area contributed by atoms with E-state index in [2.05, 4.69) is 35.5 Å². The molecule has 1 aliphatic rings. The molecular weight excluding hydrogens is 274 g/mol. The molecule has 1 heterocycles. The Morgan fingerprint density at radius 1 is 1.36 bits per heavy atom. The summed E-state index contributed by atoms with van der Waals surface area (Å²) in [7, 11) is 0. The normalized spacial score (nSPS) is 14.6. The number of carbonyl (C=O) groups excluding carboxylic acids is 1. The third-order valence-electron chi connectivity index (χ3n) is 3.83. The zero-order valence-electron chi connectivity index (χ0n) is 13.7. The highest BCUT2D eigenvalue weighted by atomic mass is 16.1. The van der Waals surface area contributed by atoms with Gasteiger partial charge in [-0.05, 0) is 50.2 Å². The fourth-order valence-electron chi connectivity index (χ4n) is 2.55. The van der Waals surface area contributed by atoms with Gasteiger partial charge >= 0.3 is 0 Å². The molecule has 1 amide bonds. The molecule has 0 saturated heterocycles. The molecule has 0 bridgehead atoms. The van der Waals surface area contributed by atoms with E-state index in [1.165, 1.54) is 31.3 Å². The van der Waals surface area contributed by atoms with Crippen LogP contribution >= 0.6 is 0 Å². The third kappa shape index (κ3) is 5.51. The van der Waals surface area contributed by atoms with Crippen LogP contribution in [0, 0.1) is 5.92 Å². The first kappa shape index (κ1) is 16.5. The topological polar surface area (TPSA) is 54.0 Å². The van der Waals surface area contributed by atoms with Crippen molar-refractivity contribution in [1.82, 2.24) is 10.3 Å². The van der Waals surface area contributed by atoms with Gasteiger partial charge < -0.3 is 10.6 Å². The number of hydrogen-bond acceptors (Lipinski definition) is 3. The molecule has 22 heavy (non-hydrogen) atoms. The van der Waals surface area contributed by atoms with Crippen molar-refractivity contribution in [1.29, 1.82) is 0 Å². The molecule has 120 valence electrons. The van der Waals surface area contributed by atoms with E-state index in [-0.39, 0.29) is 5.91 Å². The SMILES string of the molecule is CC(C)CNc1cc(C(=O)NCCC2=CCCCC2)ccn1. The molecule has 0 saturated carbocycles. The van der Waals surface area contributed by atoms with E-state index in [1.807, 2.05) is 6.07 Å². The summed E-state index contributed by atoms with van der Waals surface area (Å²) in [5.41, 5.74) is 2.15. The predicted octanol–water partition coefficient (Wildman–Crippen LogP) is 3.77. The Morgan fingerprint density at radius 3 is 2.95 bits per heavy atom. The molecule has 0 radical (unpaired) electrons. The van der Waals surface area contributed by atoms with Gasteiger partial charge in [0.2, 0.25) is 0 Å². The Hall–Kier alpha value is -1.84. The van der Waals surface area contributed by atoms with Gasteiger partial charge in [-0.3, -0.25) is 4.79 Å². The van der Waals surface area contributed by atoms with E-state index in [9.17, 15) is 4.79 Å². The van der Waals surface area contributed by atoms with E-state index < -0.39 is 0 Å². The predicted molar refractivity (Wildman–Crippen MR) is 91.1 cm³/mol. The van der Waals surface area contributed by atoms with Crippen molar-refractivity contribution in [3.05, 3.63) is 35.5 Å². The van der Waals surface area contributed by atoms with Crippen LogP contribution in [0.2, 0.25) is 0 Å². The molecule has 4 nitrogen and oxygen atoms in total. The van der Waals surface area contributed by atoms with E-state index in [0.29, 0.717) is 18.0 Å². The first-order valence-electron chi connectivity index (χ1n) is 8.31. The monoisotopic (exact) mass is 301 g/mol. The van der Waals surface area contributed by atoms with Crippen molar-refractivity contribution < 1.29 is 4.79 Å². The Labute approximate surface area is 133 Å². The second-order valence-electron chi connectivity index (χ2n) is 6.32. The van der Waals surface area contributed by atoms with Crippen molar-refractivity contribution in [3.63, 3.8) is 0 Å². The zero-order valence-corrected chi connectivity index (χ0v) is 13.7. The van der Waals surface area contributed by atoms with Crippen LogP contribution in [0.1, 0.15) is 56.3 Å². The Morgan fingerprint density at radius 2 is 2.23 bits per heavy atom. The fourth-order valence-corrected chi connectivity index (χ4v) is 2.55. The van der Waals surface area contributed by atoms with Crippen LogP contribution in [0.5, 0.6) is 0 Å². The number of rotatable bonds is 7. The largest absolute Gasteiger partial charge is 0.370 e. The first-order valence-corrected chi connectivity index (χ1v) is 8.31. The van der Waals surface area contributed by atoms with Crippen molar-refractivity contribution in [2.45, 2.75) is 46.0 Å². The standard InChI is InChI=1S/C18H27N3O/c1-14(2)13-21-17-12-16(9-11-19-17)18(22)20-10-8-15-6-4-3-5-7-15/h6,9,11-12,14H,3-5,7-8,10,13H2,1-2H3,(H,19,21)(H,20,22). The van der Waals surface area contributed by atoms with Gasteiger partial charge in [-0.1, -0.05) is 25.5 Å². The highest BCUT2D eigenvalue weighted by Crippen LogP contribution is 2.19. The lowest BCUT2D eigenvalue weighted by atomic mass is 9.97. The van der Waals surface area contributed by atoms with Crippen molar-refractivity contribution in [2.24, 2.45) is 5.92 Å². The Balaban J connectivity index is 1.81. The van der Waals surface area contributed by atoms with Gasteiger partial charge in [0.25, 0.3) is 5.91 Å². The van der Waals surface area contributed by atoms with Gasteiger partial charge in [0.05, 0.1) is 0 Å². The van der Waals surface area contributed by atoms with Crippen molar-refractivity contribution in [3.8, 4) is 0 Å². The molecule has 0 atom stereocenters. The molecule has 0 spiro atoms. The molecule has 1 aliphatic carbocycles. The number of aromatic nitrogens is 1. The maximum Gasteiger partial charge on any atom is 0.251 e. The van der Waals surface area contributed by atoms with E-state index >= 15 is 0 Å². The summed E-state index contributed by atoms with van der Waals surface area (Å²) in [5, 5.41) is 6.25. The summed E-state index contributed by atoms with van der Waals surface area (Å²) in [6.45, 7) is 5.85. The number of hydrogen-bond donors (Lipinski definition) is 2. The maximum atomic E-state index is 12.2. The van der Waals surface area contributed by atoms with Gasteiger partial charge in [-0.15, -0.1) is 0 Å². The van der Waals surface area contributed by atoms with E-state index in [1.54, 1.807) is 12.3 Å². The molecule has 0 aromatic carbocycles. The highest BCUT2D eigenvalue weighted by Gasteiger charge is 2.08. The minimum atomic E-state index is -0.0218. The van der Waals surface area contributed by atoms with Gasteiger partial charge in [0.1, 0.15) is 5.82 Å². The average Bonchev–Trinajstić information content (AvgIpc) is 2.54. The van der Waals surface area contributed by atoms with Gasteiger partial charge in [0, 0.05) is 24.8 Å². The number of anilines is 1. The summed E-state index contributed by atoms with van der Waals surface area (Å²) in [5.74, 6) is 1.28. The molecule has 0 fully saturated rings.